The largest absolute Gasteiger partial charge is 0.573 e. The van der Waals surface area contributed by atoms with Crippen molar-refractivity contribution in [2.24, 2.45) is 0 Å². The zero-order valence-electron chi connectivity index (χ0n) is 12.8. The van der Waals surface area contributed by atoms with Gasteiger partial charge in [0.1, 0.15) is 11.5 Å². The highest BCUT2D eigenvalue weighted by Gasteiger charge is 2.31. The third kappa shape index (κ3) is 8.63. The molecule has 0 aliphatic rings. The molecule has 0 aliphatic heterocycles. The number of hydrogen-bond acceptors (Lipinski definition) is 3. The Bertz CT molecular complexity index is 352. The third-order valence-corrected chi connectivity index (χ3v) is 1.79. The fourth-order valence-corrected chi connectivity index (χ4v) is 1.22. The Labute approximate surface area is 118 Å². The van der Waals surface area contributed by atoms with Crippen LogP contribution in [-0.4, -0.2) is 20.6 Å². The van der Waals surface area contributed by atoms with E-state index in [1.165, 1.54) is 32.4 Å². The van der Waals surface area contributed by atoms with Crippen LogP contribution in [0.3, 0.4) is 0 Å². The summed E-state index contributed by atoms with van der Waals surface area (Å²) in [5.74, 6) is 0.164. The molecule has 1 aromatic rings. The van der Waals surface area contributed by atoms with Gasteiger partial charge < -0.3 is 14.2 Å². The number of hydrogen-bond donors (Lipinski definition) is 0. The van der Waals surface area contributed by atoms with Crippen LogP contribution < -0.4 is 9.47 Å². The summed E-state index contributed by atoms with van der Waals surface area (Å²) in [5.41, 5.74) is 0.492. The topological polar surface area (TPSA) is 27.7 Å². The summed E-state index contributed by atoms with van der Waals surface area (Å²) in [7, 11) is 2.87. The zero-order valence-corrected chi connectivity index (χ0v) is 12.8. The molecule has 20 heavy (non-hydrogen) atoms. The van der Waals surface area contributed by atoms with E-state index in [-0.39, 0.29) is 12.4 Å². The summed E-state index contributed by atoms with van der Waals surface area (Å²) in [6.07, 6.45) is -4.70. The Morgan fingerprint density at radius 1 is 1.00 bits per heavy atom. The number of benzene rings is 1. The van der Waals surface area contributed by atoms with Crippen molar-refractivity contribution in [3.63, 3.8) is 0 Å². The predicted octanol–water partition coefficient (Wildman–Crippen LogP) is 4.79. The molecule has 0 saturated carbocycles. The molecule has 118 valence electrons. The van der Waals surface area contributed by atoms with Gasteiger partial charge >= 0.3 is 6.36 Å². The summed E-state index contributed by atoms with van der Waals surface area (Å²) in [4.78, 5) is 0. The lowest BCUT2D eigenvalue weighted by molar-refractivity contribution is -0.274. The van der Waals surface area contributed by atoms with Crippen molar-refractivity contribution in [1.82, 2.24) is 0 Å². The van der Waals surface area contributed by atoms with E-state index in [9.17, 15) is 13.2 Å². The maximum atomic E-state index is 12.0. The number of ether oxygens (including phenoxy) is 3. The van der Waals surface area contributed by atoms with E-state index < -0.39 is 6.36 Å². The Balaban J connectivity index is 0. The summed E-state index contributed by atoms with van der Waals surface area (Å²) in [6.45, 7) is 8.15. The number of rotatable bonds is 4. The fraction of sp³-hybridized carbons (Fsp3) is 0.571. The highest BCUT2D eigenvalue weighted by molar-refractivity contribution is 5.40. The van der Waals surface area contributed by atoms with Crippen LogP contribution in [0.25, 0.3) is 0 Å². The average molecular weight is 296 g/mol. The van der Waals surface area contributed by atoms with Gasteiger partial charge in [-0.2, -0.15) is 0 Å². The normalized spacial score (nSPS) is 9.65. The Hall–Kier alpha value is -1.43. The van der Waals surface area contributed by atoms with Crippen LogP contribution in [0.2, 0.25) is 0 Å². The summed E-state index contributed by atoms with van der Waals surface area (Å²) in [5, 5.41) is 0. The van der Waals surface area contributed by atoms with Gasteiger partial charge in [0.2, 0.25) is 0 Å². The van der Waals surface area contributed by atoms with Gasteiger partial charge in [0, 0.05) is 12.7 Å². The van der Waals surface area contributed by atoms with Crippen molar-refractivity contribution in [2.75, 3.05) is 14.2 Å². The first kappa shape index (κ1) is 20.9. The first-order chi connectivity index (χ1) is 9.46. The predicted molar refractivity (Wildman–Crippen MR) is 73.1 cm³/mol. The van der Waals surface area contributed by atoms with Gasteiger partial charge in [-0.25, -0.2) is 0 Å². The Morgan fingerprint density at radius 2 is 1.55 bits per heavy atom. The first-order valence-electron chi connectivity index (χ1n) is 6.38. The highest BCUT2D eigenvalue weighted by atomic mass is 19.4. The molecule has 0 aliphatic carbocycles. The molecule has 6 heteroatoms. The number of methoxy groups -OCH3 is 2. The van der Waals surface area contributed by atoms with Crippen LogP contribution in [0, 0.1) is 0 Å². The minimum atomic E-state index is -4.70. The number of alkyl halides is 3. The minimum absolute atomic E-state index is 0.151. The van der Waals surface area contributed by atoms with Crippen molar-refractivity contribution in [2.45, 2.75) is 40.7 Å². The maximum absolute atomic E-state index is 12.0. The zero-order chi connectivity index (χ0) is 16.2. The van der Waals surface area contributed by atoms with Crippen LogP contribution in [-0.2, 0) is 11.3 Å². The monoisotopic (exact) mass is 296 g/mol. The van der Waals surface area contributed by atoms with Gasteiger partial charge in [0.15, 0.2) is 0 Å². The van der Waals surface area contributed by atoms with E-state index in [1.54, 1.807) is 0 Å². The lowest BCUT2D eigenvalue weighted by Gasteiger charge is -2.12. The molecule has 0 unspecified atom stereocenters. The van der Waals surface area contributed by atoms with Crippen molar-refractivity contribution < 1.29 is 27.4 Å². The van der Waals surface area contributed by atoms with E-state index in [0.717, 1.165) is 0 Å². The fourth-order valence-electron chi connectivity index (χ4n) is 1.22. The van der Waals surface area contributed by atoms with Gasteiger partial charge in [-0.1, -0.05) is 27.7 Å². The van der Waals surface area contributed by atoms with Crippen LogP contribution in [0.5, 0.6) is 11.5 Å². The highest BCUT2D eigenvalue weighted by Crippen LogP contribution is 2.28. The molecule has 0 fully saturated rings. The van der Waals surface area contributed by atoms with E-state index in [0.29, 0.717) is 11.3 Å². The lowest BCUT2D eigenvalue weighted by atomic mass is 10.2. The quantitative estimate of drug-likeness (QED) is 0.799. The van der Waals surface area contributed by atoms with Gasteiger partial charge in [-0.15, -0.1) is 13.2 Å². The van der Waals surface area contributed by atoms with Gasteiger partial charge in [0.05, 0.1) is 13.7 Å². The summed E-state index contributed by atoms with van der Waals surface area (Å²) in [6, 6.07) is 3.82. The smallest absolute Gasteiger partial charge is 0.496 e. The van der Waals surface area contributed by atoms with Gasteiger partial charge in [-0.05, 0) is 18.2 Å². The molecule has 0 bridgehead atoms. The second-order valence-electron chi connectivity index (χ2n) is 2.95. The molecule has 3 nitrogen and oxygen atoms in total. The molecule has 1 aromatic carbocycles. The molecule has 0 heterocycles. The lowest BCUT2D eigenvalue weighted by Crippen LogP contribution is -2.17. The molecule has 0 spiro atoms. The van der Waals surface area contributed by atoms with E-state index in [1.807, 2.05) is 27.7 Å². The standard InChI is InChI=1S/C10H11F3O3.2C2H6/c1-14-6-7-5-8(16-10(11,12)13)3-4-9(7)15-2;2*1-2/h3-5H,6H2,1-2H3;2*1-2H3. The van der Waals surface area contributed by atoms with Crippen LogP contribution >= 0.6 is 0 Å². The Morgan fingerprint density at radius 3 is 1.95 bits per heavy atom. The van der Waals surface area contributed by atoms with Crippen molar-refractivity contribution >= 4 is 0 Å². The molecule has 0 N–H and O–H groups in total. The summed E-state index contributed by atoms with van der Waals surface area (Å²) < 4.78 is 49.5. The minimum Gasteiger partial charge on any atom is -0.496 e. The molecule has 0 aromatic heterocycles. The van der Waals surface area contributed by atoms with Crippen molar-refractivity contribution in [3.8, 4) is 11.5 Å². The Kier molecular flexibility index (Phi) is 11.9. The average Bonchev–Trinajstić information content (AvgIpc) is 2.42. The van der Waals surface area contributed by atoms with E-state index in [2.05, 4.69) is 4.74 Å². The van der Waals surface area contributed by atoms with E-state index >= 15 is 0 Å². The third-order valence-electron chi connectivity index (χ3n) is 1.79. The van der Waals surface area contributed by atoms with E-state index in [4.69, 9.17) is 9.47 Å². The second kappa shape index (κ2) is 11.4. The maximum Gasteiger partial charge on any atom is 0.573 e. The molecule has 0 atom stereocenters. The van der Waals surface area contributed by atoms with Gasteiger partial charge in [-0.3, -0.25) is 0 Å². The van der Waals surface area contributed by atoms with Crippen LogP contribution in [0.15, 0.2) is 18.2 Å². The molecular formula is C14H23F3O3. The SMILES string of the molecule is CC.CC.COCc1cc(OC(F)(F)F)ccc1OC. The van der Waals surface area contributed by atoms with Crippen LogP contribution in [0.1, 0.15) is 33.3 Å². The first-order valence-corrected chi connectivity index (χ1v) is 6.38. The molecular weight excluding hydrogens is 273 g/mol. The van der Waals surface area contributed by atoms with Crippen molar-refractivity contribution in [1.29, 1.82) is 0 Å². The second-order valence-corrected chi connectivity index (χ2v) is 2.95. The van der Waals surface area contributed by atoms with Crippen molar-refractivity contribution in [3.05, 3.63) is 23.8 Å². The summed E-state index contributed by atoms with van der Waals surface area (Å²) >= 11 is 0. The molecule has 0 saturated heterocycles. The molecule has 0 radical (unpaired) electrons. The van der Waals surface area contributed by atoms with Crippen LogP contribution in [0.4, 0.5) is 13.2 Å². The molecule has 1 rings (SSSR count). The van der Waals surface area contributed by atoms with Gasteiger partial charge in [0.25, 0.3) is 0 Å². The molecule has 0 amide bonds. The number of halogens is 3.